The maximum Gasteiger partial charge on any atom is 0.0352 e. The third-order valence-corrected chi connectivity index (χ3v) is 4.79. The van der Waals surface area contributed by atoms with E-state index in [1.807, 2.05) is 24.3 Å². The van der Waals surface area contributed by atoms with Crippen molar-refractivity contribution in [3.63, 3.8) is 0 Å². The maximum atomic E-state index is 5.83. The number of hydrogen-bond acceptors (Lipinski definition) is 3. The van der Waals surface area contributed by atoms with Crippen molar-refractivity contribution < 1.29 is 0 Å². The van der Waals surface area contributed by atoms with Crippen LogP contribution in [0.4, 0.5) is 11.4 Å². The smallest absolute Gasteiger partial charge is 0.0352 e. The minimum atomic E-state index is 0.808. The largest absolute Gasteiger partial charge is 0.399 e. The Bertz CT molecular complexity index is 737. The fourth-order valence-corrected chi connectivity index (χ4v) is 3.74. The molecule has 0 radical (unpaired) electrons. The maximum absolute atomic E-state index is 5.83. The molecule has 0 aliphatic carbocycles. The van der Waals surface area contributed by atoms with Gasteiger partial charge in [0.2, 0.25) is 0 Å². The van der Waals surface area contributed by atoms with Crippen molar-refractivity contribution in [2.24, 2.45) is 0 Å². The minimum Gasteiger partial charge on any atom is -0.399 e. The molecule has 0 fully saturated rings. The van der Waals surface area contributed by atoms with Gasteiger partial charge in [0.25, 0.3) is 0 Å². The molecular weight excluding hydrogens is 276 g/mol. The summed E-state index contributed by atoms with van der Waals surface area (Å²) < 4.78 is 0. The molecule has 0 aliphatic rings. The molecular formula is C18H18N2S. The van der Waals surface area contributed by atoms with Crippen LogP contribution in [0.25, 0.3) is 20.9 Å². The van der Waals surface area contributed by atoms with Crippen LogP contribution in [0.5, 0.6) is 0 Å². The molecule has 4 N–H and O–H groups in total. The van der Waals surface area contributed by atoms with Crippen molar-refractivity contribution in [1.82, 2.24) is 0 Å². The van der Waals surface area contributed by atoms with Crippen LogP contribution in [0, 0.1) is 13.8 Å². The highest BCUT2D eigenvalue weighted by Gasteiger charge is 2.09. The van der Waals surface area contributed by atoms with E-state index in [1.54, 1.807) is 11.3 Å². The quantitative estimate of drug-likeness (QED) is 0.663. The Kier molecular flexibility index (Phi) is 3.43. The first kappa shape index (κ1) is 13.7. The van der Waals surface area contributed by atoms with Crippen LogP contribution in [0.2, 0.25) is 0 Å². The lowest BCUT2D eigenvalue weighted by atomic mass is 10.1. The molecule has 21 heavy (non-hydrogen) atoms. The molecule has 1 heterocycles. The summed E-state index contributed by atoms with van der Waals surface area (Å²) in [5.41, 5.74) is 18.2. The predicted molar refractivity (Wildman–Crippen MR) is 93.5 cm³/mol. The standard InChI is InChI=1S/C18H18N2S/c1-11-9-13(19)3-5-15(11)17-7-8-18(21-17)16-6-4-14(20)10-12(16)2/h3-10H,19-20H2,1-2H3. The summed E-state index contributed by atoms with van der Waals surface area (Å²) in [5, 5.41) is 0. The Labute approximate surface area is 129 Å². The molecule has 0 spiro atoms. The molecule has 3 rings (SSSR count). The van der Waals surface area contributed by atoms with Gasteiger partial charge < -0.3 is 11.5 Å². The Balaban J connectivity index is 2.03. The zero-order valence-electron chi connectivity index (χ0n) is 12.2. The summed E-state index contributed by atoms with van der Waals surface area (Å²) in [5.74, 6) is 0. The number of aryl methyl sites for hydroxylation is 2. The minimum absolute atomic E-state index is 0.808. The third kappa shape index (κ3) is 2.65. The fourth-order valence-electron chi connectivity index (χ4n) is 2.55. The van der Waals surface area contributed by atoms with E-state index in [2.05, 4.69) is 38.1 Å². The van der Waals surface area contributed by atoms with E-state index in [0.717, 1.165) is 11.4 Å². The number of hydrogen-bond donors (Lipinski definition) is 2. The molecule has 106 valence electrons. The predicted octanol–water partition coefficient (Wildman–Crippen LogP) is 4.86. The third-order valence-electron chi connectivity index (χ3n) is 3.64. The molecule has 0 aliphatic heterocycles. The summed E-state index contributed by atoms with van der Waals surface area (Å²) in [4.78, 5) is 2.53. The number of benzene rings is 2. The number of nitrogen functional groups attached to an aromatic ring is 2. The lowest BCUT2D eigenvalue weighted by molar-refractivity contribution is 1.47. The number of anilines is 2. The molecule has 2 nitrogen and oxygen atoms in total. The molecule has 0 atom stereocenters. The van der Waals surface area contributed by atoms with Gasteiger partial charge in [0.1, 0.15) is 0 Å². The first-order valence-corrected chi connectivity index (χ1v) is 7.69. The molecule has 3 heteroatoms. The molecule has 0 saturated heterocycles. The van der Waals surface area contributed by atoms with Gasteiger partial charge in [-0.15, -0.1) is 11.3 Å². The lowest BCUT2D eigenvalue weighted by Crippen LogP contribution is -1.87. The van der Waals surface area contributed by atoms with Gasteiger partial charge in [0.15, 0.2) is 0 Å². The normalized spacial score (nSPS) is 10.8. The second-order valence-corrected chi connectivity index (χ2v) is 6.40. The van der Waals surface area contributed by atoms with E-state index in [4.69, 9.17) is 11.5 Å². The Hall–Kier alpha value is -2.26. The van der Waals surface area contributed by atoms with Gasteiger partial charge in [-0.05, 0) is 72.5 Å². The zero-order chi connectivity index (χ0) is 15.0. The van der Waals surface area contributed by atoms with Crippen molar-refractivity contribution in [2.75, 3.05) is 11.5 Å². The van der Waals surface area contributed by atoms with Gasteiger partial charge in [-0.3, -0.25) is 0 Å². The SMILES string of the molecule is Cc1cc(N)ccc1-c1ccc(-c2ccc(N)cc2C)s1. The summed E-state index contributed by atoms with van der Waals surface area (Å²) in [6.07, 6.45) is 0. The van der Waals surface area contributed by atoms with Gasteiger partial charge in [0.05, 0.1) is 0 Å². The van der Waals surface area contributed by atoms with E-state index < -0.39 is 0 Å². The van der Waals surface area contributed by atoms with Crippen LogP contribution in [0.1, 0.15) is 11.1 Å². The van der Waals surface area contributed by atoms with Crippen molar-refractivity contribution in [3.05, 3.63) is 59.7 Å². The van der Waals surface area contributed by atoms with Gasteiger partial charge in [0, 0.05) is 21.1 Å². The molecule has 2 aromatic carbocycles. The molecule has 1 aromatic heterocycles. The van der Waals surface area contributed by atoms with Crippen LogP contribution in [-0.4, -0.2) is 0 Å². The Morgan fingerprint density at radius 2 is 1.10 bits per heavy atom. The lowest BCUT2D eigenvalue weighted by Gasteiger charge is -2.05. The molecule has 3 aromatic rings. The topological polar surface area (TPSA) is 52.0 Å². The summed E-state index contributed by atoms with van der Waals surface area (Å²) >= 11 is 1.80. The van der Waals surface area contributed by atoms with Gasteiger partial charge in [-0.25, -0.2) is 0 Å². The Morgan fingerprint density at radius 3 is 1.48 bits per heavy atom. The van der Waals surface area contributed by atoms with E-state index in [1.165, 1.54) is 32.0 Å². The van der Waals surface area contributed by atoms with Gasteiger partial charge in [-0.1, -0.05) is 12.1 Å². The highest BCUT2D eigenvalue weighted by Crippen LogP contribution is 2.37. The van der Waals surface area contributed by atoms with Crippen LogP contribution < -0.4 is 11.5 Å². The molecule has 0 amide bonds. The fraction of sp³-hybridized carbons (Fsp3) is 0.111. The van der Waals surface area contributed by atoms with Crippen LogP contribution >= 0.6 is 11.3 Å². The summed E-state index contributed by atoms with van der Waals surface area (Å²) in [6.45, 7) is 4.19. The average molecular weight is 294 g/mol. The molecule has 0 unspecified atom stereocenters. The zero-order valence-corrected chi connectivity index (χ0v) is 13.0. The summed E-state index contributed by atoms with van der Waals surface area (Å²) in [6, 6.07) is 16.5. The van der Waals surface area contributed by atoms with Gasteiger partial charge in [-0.2, -0.15) is 0 Å². The van der Waals surface area contributed by atoms with Crippen molar-refractivity contribution >= 4 is 22.7 Å². The van der Waals surface area contributed by atoms with E-state index in [9.17, 15) is 0 Å². The van der Waals surface area contributed by atoms with Crippen LogP contribution in [0.3, 0.4) is 0 Å². The molecule has 0 saturated carbocycles. The first-order chi connectivity index (χ1) is 10.0. The molecule has 0 bridgehead atoms. The first-order valence-electron chi connectivity index (χ1n) is 6.87. The van der Waals surface area contributed by atoms with Gasteiger partial charge >= 0.3 is 0 Å². The number of thiophene rings is 1. The second kappa shape index (κ2) is 5.26. The van der Waals surface area contributed by atoms with Crippen LogP contribution in [-0.2, 0) is 0 Å². The van der Waals surface area contributed by atoms with E-state index in [-0.39, 0.29) is 0 Å². The Morgan fingerprint density at radius 1 is 0.667 bits per heavy atom. The highest BCUT2D eigenvalue weighted by atomic mass is 32.1. The highest BCUT2D eigenvalue weighted by molar-refractivity contribution is 7.18. The summed E-state index contributed by atoms with van der Waals surface area (Å²) in [7, 11) is 0. The average Bonchev–Trinajstić information content (AvgIpc) is 2.87. The van der Waals surface area contributed by atoms with Crippen molar-refractivity contribution in [3.8, 4) is 20.9 Å². The van der Waals surface area contributed by atoms with Crippen molar-refractivity contribution in [1.29, 1.82) is 0 Å². The van der Waals surface area contributed by atoms with E-state index in [0.29, 0.717) is 0 Å². The van der Waals surface area contributed by atoms with Crippen molar-refractivity contribution in [2.45, 2.75) is 13.8 Å². The number of nitrogens with two attached hydrogens (primary N) is 2. The monoisotopic (exact) mass is 294 g/mol. The second-order valence-electron chi connectivity index (χ2n) is 5.31. The number of rotatable bonds is 2. The van der Waals surface area contributed by atoms with Crippen LogP contribution in [0.15, 0.2) is 48.5 Å². The van der Waals surface area contributed by atoms with E-state index >= 15 is 0 Å².